The Labute approximate surface area is 121 Å². The number of nitrogens with one attached hydrogen (secondary N) is 1. The van der Waals surface area contributed by atoms with Gasteiger partial charge in [-0.2, -0.15) is 0 Å². The van der Waals surface area contributed by atoms with Crippen molar-refractivity contribution in [2.45, 2.75) is 45.3 Å². The average Bonchev–Trinajstić information content (AvgIpc) is 2.46. The summed E-state index contributed by atoms with van der Waals surface area (Å²) in [6.45, 7) is 1.88. The molecular formula is C16H26N2O2. The van der Waals surface area contributed by atoms with Crippen LogP contribution < -0.4 is 11.1 Å². The highest BCUT2D eigenvalue weighted by molar-refractivity contribution is 5.75. The van der Waals surface area contributed by atoms with E-state index in [1.807, 2.05) is 24.3 Å². The van der Waals surface area contributed by atoms with Gasteiger partial charge in [-0.05, 0) is 30.5 Å². The first-order chi connectivity index (χ1) is 9.77. The van der Waals surface area contributed by atoms with Crippen molar-refractivity contribution in [2.75, 3.05) is 13.7 Å². The van der Waals surface area contributed by atoms with Crippen LogP contribution in [0.3, 0.4) is 0 Å². The second-order valence-corrected chi connectivity index (χ2v) is 4.93. The van der Waals surface area contributed by atoms with Crippen molar-refractivity contribution in [3.63, 3.8) is 0 Å². The van der Waals surface area contributed by atoms with Crippen molar-refractivity contribution in [3.8, 4) is 0 Å². The Bertz CT molecular complexity index is 394. The molecule has 112 valence electrons. The fourth-order valence-electron chi connectivity index (χ4n) is 2.09. The van der Waals surface area contributed by atoms with E-state index in [4.69, 9.17) is 10.5 Å². The number of hydrogen-bond acceptors (Lipinski definition) is 3. The average molecular weight is 278 g/mol. The molecule has 1 rings (SSSR count). The van der Waals surface area contributed by atoms with Crippen LogP contribution in [0.1, 0.15) is 43.2 Å². The first-order valence-electron chi connectivity index (χ1n) is 7.30. The van der Waals surface area contributed by atoms with E-state index >= 15 is 0 Å². The van der Waals surface area contributed by atoms with Crippen molar-refractivity contribution in [3.05, 3.63) is 35.4 Å². The molecule has 0 saturated heterocycles. The van der Waals surface area contributed by atoms with Crippen molar-refractivity contribution in [2.24, 2.45) is 5.73 Å². The maximum absolute atomic E-state index is 11.8. The fourth-order valence-corrected chi connectivity index (χ4v) is 2.09. The number of unbranched alkanes of at least 4 members (excludes halogenated alkanes) is 3. The van der Waals surface area contributed by atoms with Crippen LogP contribution in [-0.2, 0) is 22.7 Å². The quantitative estimate of drug-likeness (QED) is 0.646. The van der Waals surface area contributed by atoms with Crippen molar-refractivity contribution in [1.82, 2.24) is 5.32 Å². The van der Waals surface area contributed by atoms with Crippen molar-refractivity contribution < 1.29 is 9.53 Å². The number of nitrogens with two attached hydrogens (primary N) is 1. The van der Waals surface area contributed by atoms with Gasteiger partial charge in [-0.25, -0.2) is 0 Å². The largest absolute Gasteiger partial charge is 0.380 e. The van der Waals surface area contributed by atoms with Gasteiger partial charge in [0.2, 0.25) is 5.91 Å². The van der Waals surface area contributed by atoms with Gasteiger partial charge in [-0.1, -0.05) is 37.1 Å². The number of methoxy groups -OCH3 is 1. The summed E-state index contributed by atoms with van der Waals surface area (Å²) >= 11 is 0. The van der Waals surface area contributed by atoms with E-state index in [0.29, 0.717) is 19.6 Å². The predicted octanol–water partition coefficient (Wildman–Crippen LogP) is 2.36. The van der Waals surface area contributed by atoms with E-state index in [-0.39, 0.29) is 5.91 Å². The zero-order valence-corrected chi connectivity index (χ0v) is 12.4. The summed E-state index contributed by atoms with van der Waals surface area (Å²) in [7, 11) is 1.68. The predicted molar refractivity (Wildman–Crippen MR) is 81.1 cm³/mol. The molecule has 0 aliphatic carbocycles. The van der Waals surface area contributed by atoms with Gasteiger partial charge in [0.15, 0.2) is 0 Å². The summed E-state index contributed by atoms with van der Waals surface area (Å²) in [6.07, 6.45) is 4.76. The Morgan fingerprint density at radius 2 is 1.85 bits per heavy atom. The van der Waals surface area contributed by atoms with Gasteiger partial charge in [0.25, 0.3) is 0 Å². The zero-order chi connectivity index (χ0) is 14.6. The molecule has 4 nitrogen and oxygen atoms in total. The topological polar surface area (TPSA) is 64.3 Å². The summed E-state index contributed by atoms with van der Waals surface area (Å²) in [5.41, 5.74) is 7.67. The minimum Gasteiger partial charge on any atom is -0.380 e. The Morgan fingerprint density at radius 1 is 1.15 bits per heavy atom. The fraction of sp³-hybridized carbons (Fsp3) is 0.562. The van der Waals surface area contributed by atoms with Gasteiger partial charge in [-0.15, -0.1) is 0 Å². The van der Waals surface area contributed by atoms with Crippen LogP contribution in [-0.4, -0.2) is 19.6 Å². The van der Waals surface area contributed by atoms with E-state index in [1.54, 1.807) is 7.11 Å². The lowest BCUT2D eigenvalue weighted by molar-refractivity contribution is -0.121. The molecule has 1 amide bonds. The molecular weight excluding hydrogens is 252 g/mol. The standard InChI is InChI=1S/C16H26N2O2/c1-20-13-15-9-6-5-8-14(15)12-18-16(19)10-4-2-3-7-11-17/h5-6,8-9H,2-4,7,10-13,17H2,1H3,(H,18,19). The summed E-state index contributed by atoms with van der Waals surface area (Å²) in [5, 5.41) is 2.97. The second-order valence-electron chi connectivity index (χ2n) is 4.93. The van der Waals surface area contributed by atoms with Crippen molar-refractivity contribution in [1.29, 1.82) is 0 Å². The van der Waals surface area contributed by atoms with E-state index in [9.17, 15) is 4.79 Å². The number of carbonyl (C=O) groups excluding carboxylic acids is 1. The molecule has 3 N–H and O–H groups in total. The minimum atomic E-state index is 0.116. The summed E-state index contributed by atoms with van der Waals surface area (Å²) in [4.78, 5) is 11.8. The summed E-state index contributed by atoms with van der Waals surface area (Å²) in [5.74, 6) is 0.116. The van der Waals surface area contributed by atoms with Gasteiger partial charge in [0.05, 0.1) is 6.61 Å². The van der Waals surface area contributed by atoms with Crippen molar-refractivity contribution >= 4 is 5.91 Å². The van der Waals surface area contributed by atoms with Crippen LogP contribution in [0, 0.1) is 0 Å². The molecule has 0 atom stereocenters. The molecule has 0 aromatic heterocycles. The Hall–Kier alpha value is -1.39. The lowest BCUT2D eigenvalue weighted by Gasteiger charge is -2.10. The molecule has 0 fully saturated rings. The molecule has 0 saturated carbocycles. The highest BCUT2D eigenvalue weighted by atomic mass is 16.5. The Kier molecular flexibility index (Phi) is 8.67. The van der Waals surface area contributed by atoms with Gasteiger partial charge in [-0.3, -0.25) is 4.79 Å². The maximum Gasteiger partial charge on any atom is 0.220 e. The highest BCUT2D eigenvalue weighted by Gasteiger charge is 2.04. The third-order valence-corrected chi connectivity index (χ3v) is 3.25. The third kappa shape index (κ3) is 6.68. The molecule has 0 spiro atoms. The molecule has 20 heavy (non-hydrogen) atoms. The number of benzene rings is 1. The lowest BCUT2D eigenvalue weighted by Crippen LogP contribution is -2.23. The number of ether oxygens (including phenoxy) is 1. The monoisotopic (exact) mass is 278 g/mol. The molecule has 1 aromatic carbocycles. The zero-order valence-electron chi connectivity index (χ0n) is 12.4. The molecule has 0 unspecified atom stereocenters. The summed E-state index contributed by atoms with van der Waals surface area (Å²) in [6, 6.07) is 8.01. The number of hydrogen-bond donors (Lipinski definition) is 2. The molecule has 0 heterocycles. The van der Waals surface area contributed by atoms with Crippen LogP contribution >= 0.6 is 0 Å². The molecule has 0 bridgehead atoms. The molecule has 0 aliphatic rings. The number of amides is 1. The van der Waals surface area contributed by atoms with E-state index in [2.05, 4.69) is 5.32 Å². The number of carbonyl (C=O) groups is 1. The van der Waals surface area contributed by atoms with Crippen LogP contribution in [0.2, 0.25) is 0 Å². The molecule has 0 aliphatic heterocycles. The highest BCUT2D eigenvalue weighted by Crippen LogP contribution is 2.10. The Morgan fingerprint density at radius 3 is 2.55 bits per heavy atom. The van der Waals surface area contributed by atoms with Gasteiger partial charge in [0, 0.05) is 20.1 Å². The lowest BCUT2D eigenvalue weighted by atomic mass is 10.1. The van der Waals surface area contributed by atoms with E-state index in [1.165, 1.54) is 0 Å². The Balaban J connectivity index is 2.26. The smallest absolute Gasteiger partial charge is 0.220 e. The summed E-state index contributed by atoms with van der Waals surface area (Å²) < 4.78 is 5.15. The van der Waals surface area contributed by atoms with Crippen LogP contribution in [0.15, 0.2) is 24.3 Å². The normalized spacial score (nSPS) is 10.5. The second kappa shape index (κ2) is 10.4. The molecule has 4 heteroatoms. The first kappa shape index (κ1) is 16.7. The first-order valence-corrected chi connectivity index (χ1v) is 7.30. The molecule has 1 aromatic rings. The van der Waals surface area contributed by atoms with Gasteiger partial charge in [0.1, 0.15) is 0 Å². The SMILES string of the molecule is COCc1ccccc1CNC(=O)CCCCCCN. The van der Waals surface area contributed by atoms with Gasteiger partial charge >= 0.3 is 0 Å². The van der Waals surface area contributed by atoms with Crippen LogP contribution in [0.25, 0.3) is 0 Å². The van der Waals surface area contributed by atoms with E-state index in [0.717, 1.165) is 43.4 Å². The van der Waals surface area contributed by atoms with Crippen LogP contribution in [0.5, 0.6) is 0 Å². The van der Waals surface area contributed by atoms with E-state index < -0.39 is 0 Å². The maximum atomic E-state index is 11.8. The molecule has 0 radical (unpaired) electrons. The van der Waals surface area contributed by atoms with Gasteiger partial charge < -0.3 is 15.8 Å². The van der Waals surface area contributed by atoms with Crippen LogP contribution in [0.4, 0.5) is 0 Å². The third-order valence-electron chi connectivity index (χ3n) is 3.25. The minimum absolute atomic E-state index is 0.116. The number of rotatable bonds is 10.